The van der Waals surface area contributed by atoms with Gasteiger partial charge in [-0.15, -0.1) is 0 Å². The Labute approximate surface area is 69.3 Å². The van der Waals surface area contributed by atoms with E-state index in [9.17, 15) is 9.59 Å². The number of hydrogen-bond acceptors (Lipinski definition) is 4. The summed E-state index contributed by atoms with van der Waals surface area (Å²) in [4.78, 5) is 21.5. The summed E-state index contributed by atoms with van der Waals surface area (Å²) in [5, 5.41) is 8.60. The predicted molar refractivity (Wildman–Crippen MR) is 37.5 cm³/mol. The van der Waals surface area contributed by atoms with E-state index in [4.69, 9.17) is 9.84 Å². The highest BCUT2D eigenvalue weighted by molar-refractivity contribution is 5.83. The number of ether oxygens (including phenoxy) is 2. The summed E-state index contributed by atoms with van der Waals surface area (Å²) in [5.74, 6) is -2.27. The Balaban J connectivity index is 2.63. The highest BCUT2D eigenvalue weighted by atomic mass is 16.5. The first-order valence-electron chi connectivity index (χ1n) is 3.59. The van der Waals surface area contributed by atoms with Crippen molar-refractivity contribution in [3.05, 3.63) is 0 Å². The molecule has 1 heterocycles. The maximum absolute atomic E-state index is 11.0. The Hall–Kier alpha value is -1.10. The van der Waals surface area contributed by atoms with Crippen LogP contribution in [0.1, 0.15) is 6.42 Å². The lowest BCUT2D eigenvalue weighted by Crippen LogP contribution is -2.32. The zero-order valence-electron chi connectivity index (χ0n) is 6.65. The molecule has 0 unspecified atom stereocenters. The molecule has 0 amide bonds. The molecule has 0 aromatic heterocycles. The van der Waals surface area contributed by atoms with Gasteiger partial charge in [-0.3, -0.25) is 4.79 Å². The van der Waals surface area contributed by atoms with E-state index in [2.05, 4.69) is 4.74 Å². The van der Waals surface area contributed by atoms with Crippen molar-refractivity contribution < 1.29 is 24.2 Å². The molecule has 1 fully saturated rings. The minimum Gasteiger partial charge on any atom is -0.479 e. The highest BCUT2D eigenvalue weighted by Crippen LogP contribution is 2.22. The molecule has 0 bridgehead atoms. The Morgan fingerprint density at radius 1 is 1.58 bits per heavy atom. The van der Waals surface area contributed by atoms with Crippen molar-refractivity contribution in [1.82, 2.24) is 0 Å². The summed E-state index contributed by atoms with van der Waals surface area (Å²) < 4.78 is 9.28. The van der Waals surface area contributed by atoms with Crippen LogP contribution in [0, 0.1) is 5.92 Å². The van der Waals surface area contributed by atoms with E-state index in [-0.39, 0.29) is 0 Å². The van der Waals surface area contributed by atoms with Gasteiger partial charge in [0, 0.05) is 6.61 Å². The molecular weight excluding hydrogens is 164 g/mol. The fraction of sp³-hybridized carbons (Fsp3) is 0.714. The second-order valence-electron chi connectivity index (χ2n) is 2.55. The number of rotatable bonds is 2. The summed E-state index contributed by atoms with van der Waals surface area (Å²) in [5.41, 5.74) is 0. The van der Waals surface area contributed by atoms with Crippen LogP contribution < -0.4 is 0 Å². The molecule has 1 aliphatic heterocycles. The Kier molecular flexibility index (Phi) is 2.65. The molecular formula is C7H10O5. The van der Waals surface area contributed by atoms with E-state index in [1.807, 2.05) is 0 Å². The number of aliphatic carboxylic acids is 1. The molecule has 5 heteroatoms. The maximum atomic E-state index is 11.0. The normalized spacial score (nSPS) is 28.4. The first kappa shape index (κ1) is 8.99. The number of esters is 1. The molecule has 0 aromatic carbocycles. The Morgan fingerprint density at radius 2 is 2.25 bits per heavy atom. The van der Waals surface area contributed by atoms with Crippen molar-refractivity contribution >= 4 is 11.9 Å². The number of carbonyl (C=O) groups is 2. The average molecular weight is 174 g/mol. The third-order valence-corrected chi connectivity index (χ3v) is 1.84. The first-order chi connectivity index (χ1) is 5.66. The molecule has 0 radical (unpaired) electrons. The van der Waals surface area contributed by atoms with Gasteiger partial charge < -0.3 is 14.6 Å². The number of carboxylic acids is 1. The van der Waals surface area contributed by atoms with Crippen LogP contribution in [0.5, 0.6) is 0 Å². The lowest BCUT2D eigenvalue weighted by Gasteiger charge is -2.10. The molecule has 1 saturated heterocycles. The molecule has 5 nitrogen and oxygen atoms in total. The predicted octanol–water partition coefficient (Wildman–Crippen LogP) is -0.351. The number of carbonyl (C=O) groups excluding carboxylic acids is 1. The summed E-state index contributed by atoms with van der Waals surface area (Å²) in [6.45, 7) is 0.302. The van der Waals surface area contributed by atoms with Gasteiger partial charge >= 0.3 is 11.9 Å². The van der Waals surface area contributed by atoms with Crippen LogP contribution >= 0.6 is 0 Å². The van der Waals surface area contributed by atoms with E-state index < -0.39 is 24.0 Å². The second-order valence-corrected chi connectivity index (χ2v) is 2.55. The van der Waals surface area contributed by atoms with Crippen LogP contribution in [0.2, 0.25) is 0 Å². The van der Waals surface area contributed by atoms with Gasteiger partial charge in [0.25, 0.3) is 0 Å². The van der Waals surface area contributed by atoms with E-state index in [1.165, 1.54) is 7.11 Å². The fourth-order valence-electron chi connectivity index (χ4n) is 1.23. The smallest absolute Gasteiger partial charge is 0.333 e. The van der Waals surface area contributed by atoms with Gasteiger partial charge in [0.1, 0.15) is 0 Å². The van der Waals surface area contributed by atoms with Gasteiger partial charge in [-0.1, -0.05) is 0 Å². The van der Waals surface area contributed by atoms with E-state index in [0.717, 1.165) is 0 Å². The molecule has 68 valence electrons. The van der Waals surface area contributed by atoms with Gasteiger partial charge in [-0.2, -0.15) is 0 Å². The third kappa shape index (κ3) is 1.55. The zero-order valence-corrected chi connectivity index (χ0v) is 6.65. The number of carboxylic acid groups (broad SMARTS) is 1. The topological polar surface area (TPSA) is 72.8 Å². The van der Waals surface area contributed by atoms with Crippen molar-refractivity contribution in [1.29, 1.82) is 0 Å². The molecule has 0 spiro atoms. The van der Waals surface area contributed by atoms with Crippen LogP contribution in [0.15, 0.2) is 0 Å². The largest absolute Gasteiger partial charge is 0.479 e. The molecule has 0 aromatic rings. The van der Waals surface area contributed by atoms with Gasteiger partial charge in [-0.25, -0.2) is 4.79 Å². The standard InChI is InChI=1S/C7H10O5/c1-11-7(10)4-2-3-12-5(4)6(8)9/h4-5H,2-3H2,1H3,(H,8,9)/t4-,5+/m0/s1. The van der Waals surface area contributed by atoms with Crippen molar-refractivity contribution in [2.75, 3.05) is 13.7 Å². The molecule has 0 saturated carbocycles. The van der Waals surface area contributed by atoms with Crippen molar-refractivity contribution in [2.45, 2.75) is 12.5 Å². The van der Waals surface area contributed by atoms with E-state index in [0.29, 0.717) is 13.0 Å². The van der Waals surface area contributed by atoms with Crippen LogP contribution in [0.4, 0.5) is 0 Å². The molecule has 1 rings (SSSR count). The average Bonchev–Trinajstić information content (AvgIpc) is 2.50. The monoisotopic (exact) mass is 174 g/mol. The highest BCUT2D eigenvalue weighted by Gasteiger charge is 2.39. The van der Waals surface area contributed by atoms with Crippen molar-refractivity contribution in [3.8, 4) is 0 Å². The maximum Gasteiger partial charge on any atom is 0.333 e. The van der Waals surface area contributed by atoms with E-state index >= 15 is 0 Å². The number of hydrogen-bond donors (Lipinski definition) is 1. The summed E-state index contributed by atoms with van der Waals surface area (Å²) >= 11 is 0. The van der Waals surface area contributed by atoms with E-state index in [1.54, 1.807) is 0 Å². The summed E-state index contributed by atoms with van der Waals surface area (Å²) in [6, 6.07) is 0. The molecule has 0 aliphatic carbocycles. The molecule has 1 N–H and O–H groups in total. The van der Waals surface area contributed by atoms with Crippen LogP contribution in [0.3, 0.4) is 0 Å². The minimum absolute atomic E-state index is 0.302. The van der Waals surface area contributed by atoms with Gasteiger partial charge in [0.15, 0.2) is 6.10 Å². The summed E-state index contributed by atoms with van der Waals surface area (Å²) in [6.07, 6.45) is -0.610. The zero-order chi connectivity index (χ0) is 9.14. The second kappa shape index (κ2) is 3.53. The van der Waals surface area contributed by atoms with Gasteiger partial charge in [0.05, 0.1) is 13.0 Å². The lowest BCUT2D eigenvalue weighted by molar-refractivity contribution is -0.158. The SMILES string of the molecule is COC(=O)[C@H]1CCO[C@H]1C(=O)O. The van der Waals surface area contributed by atoms with Crippen LogP contribution in [0.25, 0.3) is 0 Å². The molecule has 1 aliphatic rings. The quantitative estimate of drug-likeness (QED) is 0.579. The Bertz CT molecular complexity index is 200. The molecule has 2 atom stereocenters. The number of methoxy groups -OCH3 is 1. The summed E-state index contributed by atoms with van der Waals surface area (Å²) in [7, 11) is 1.24. The van der Waals surface area contributed by atoms with Crippen LogP contribution in [-0.2, 0) is 19.1 Å². The molecule has 12 heavy (non-hydrogen) atoms. The van der Waals surface area contributed by atoms with Gasteiger partial charge in [0.2, 0.25) is 0 Å². The van der Waals surface area contributed by atoms with Crippen LogP contribution in [-0.4, -0.2) is 36.9 Å². The lowest BCUT2D eigenvalue weighted by atomic mass is 10.0. The minimum atomic E-state index is -1.11. The Morgan fingerprint density at radius 3 is 2.75 bits per heavy atom. The first-order valence-corrected chi connectivity index (χ1v) is 3.59. The van der Waals surface area contributed by atoms with Crippen molar-refractivity contribution in [2.24, 2.45) is 5.92 Å². The fourth-order valence-corrected chi connectivity index (χ4v) is 1.23. The van der Waals surface area contributed by atoms with Crippen molar-refractivity contribution in [3.63, 3.8) is 0 Å². The third-order valence-electron chi connectivity index (χ3n) is 1.84. The van der Waals surface area contributed by atoms with Gasteiger partial charge in [-0.05, 0) is 6.42 Å².